The molecule has 3 nitrogen and oxygen atoms in total. The van der Waals surface area contributed by atoms with Gasteiger partial charge in [-0.3, -0.25) is 4.79 Å². The molecule has 1 aliphatic rings. The molecule has 4 heteroatoms. The maximum absolute atomic E-state index is 12.8. The quantitative estimate of drug-likeness (QED) is 0.830. The van der Waals surface area contributed by atoms with E-state index < -0.39 is 0 Å². The van der Waals surface area contributed by atoms with E-state index in [1.807, 2.05) is 12.1 Å². The molecule has 0 spiro atoms. The summed E-state index contributed by atoms with van der Waals surface area (Å²) in [4.78, 5) is 14.0. The Hall–Kier alpha value is -2.10. The summed E-state index contributed by atoms with van der Waals surface area (Å²) in [6, 6.07) is 9.48. The molecule has 1 amide bonds. The van der Waals surface area contributed by atoms with Gasteiger partial charge in [-0.2, -0.15) is 0 Å². The van der Waals surface area contributed by atoms with Crippen LogP contribution < -0.4 is 0 Å². The van der Waals surface area contributed by atoms with E-state index in [0.29, 0.717) is 18.7 Å². The number of nitrogens with zero attached hydrogens (tertiary/aromatic N) is 1. The highest BCUT2D eigenvalue weighted by Crippen LogP contribution is 2.28. The van der Waals surface area contributed by atoms with Crippen molar-refractivity contribution in [1.82, 2.24) is 4.90 Å². The Kier molecular flexibility index (Phi) is 3.07. The third-order valence-corrected chi connectivity index (χ3v) is 3.51. The molecule has 19 heavy (non-hydrogen) atoms. The van der Waals surface area contributed by atoms with Gasteiger partial charge in [-0.15, -0.1) is 0 Å². The highest BCUT2D eigenvalue weighted by Gasteiger charge is 2.29. The van der Waals surface area contributed by atoms with Crippen molar-refractivity contribution in [2.24, 2.45) is 0 Å². The van der Waals surface area contributed by atoms with Gasteiger partial charge < -0.3 is 9.32 Å². The Morgan fingerprint density at radius 2 is 2.05 bits per heavy atom. The zero-order chi connectivity index (χ0) is 13.2. The number of carbonyl (C=O) groups is 1. The van der Waals surface area contributed by atoms with E-state index in [1.54, 1.807) is 11.2 Å². The summed E-state index contributed by atoms with van der Waals surface area (Å²) in [7, 11) is 0. The zero-order valence-electron chi connectivity index (χ0n) is 10.4. The Bertz CT molecular complexity index is 562. The molecule has 1 unspecified atom stereocenters. The monoisotopic (exact) mass is 259 g/mol. The van der Waals surface area contributed by atoms with Gasteiger partial charge in [0.25, 0.3) is 5.91 Å². The van der Waals surface area contributed by atoms with Gasteiger partial charge in [0, 0.05) is 24.6 Å². The van der Waals surface area contributed by atoms with Gasteiger partial charge in [0.2, 0.25) is 0 Å². The van der Waals surface area contributed by atoms with Gasteiger partial charge in [-0.1, -0.05) is 0 Å². The number of halogens is 1. The van der Waals surface area contributed by atoms with Crippen molar-refractivity contribution in [1.29, 1.82) is 0 Å². The average molecular weight is 259 g/mol. The Balaban J connectivity index is 1.71. The van der Waals surface area contributed by atoms with Crippen LogP contribution in [0.1, 0.15) is 28.5 Å². The standard InChI is InChI=1S/C15H14FNO2/c16-13-5-3-11(4-6-13)15(18)17-8-7-12(10-17)14-2-1-9-19-14/h1-6,9,12H,7-8,10H2. The fourth-order valence-corrected chi connectivity index (χ4v) is 2.48. The molecule has 0 N–H and O–H groups in total. The van der Waals surface area contributed by atoms with Crippen LogP contribution in [0.2, 0.25) is 0 Å². The molecule has 2 aromatic rings. The van der Waals surface area contributed by atoms with Crippen LogP contribution >= 0.6 is 0 Å². The van der Waals surface area contributed by atoms with Crippen molar-refractivity contribution in [3.05, 3.63) is 59.8 Å². The smallest absolute Gasteiger partial charge is 0.253 e. The lowest BCUT2D eigenvalue weighted by Crippen LogP contribution is -2.28. The SMILES string of the molecule is O=C(c1ccc(F)cc1)N1CCC(c2ccco2)C1. The lowest BCUT2D eigenvalue weighted by atomic mass is 10.1. The largest absolute Gasteiger partial charge is 0.469 e. The minimum atomic E-state index is -0.327. The maximum atomic E-state index is 12.8. The van der Waals surface area contributed by atoms with Crippen molar-refractivity contribution in [2.45, 2.75) is 12.3 Å². The van der Waals surface area contributed by atoms with Crippen molar-refractivity contribution >= 4 is 5.91 Å². The predicted molar refractivity (Wildman–Crippen MR) is 68.4 cm³/mol. The van der Waals surface area contributed by atoms with E-state index in [2.05, 4.69) is 0 Å². The van der Waals surface area contributed by atoms with Crippen molar-refractivity contribution in [2.75, 3.05) is 13.1 Å². The van der Waals surface area contributed by atoms with Crippen molar-refractivity contribution in [3.63, 3.8) is 0 Å². The first-order valence-electron chi connectivity index (χ1n) is 6.32. The number of rotatable bonds is 2. The highest BCUT2D eigenvalue weighted by molar-refractivity contribution is 5.94. The summed E-state index contributed by atoms with van der Waals surface area (Å²) < 4.78 is 18.2. The van der Waals surface area contributed by atoms with Crippen LogP contribution in [0.5, 0.6) is 0 Å². The molecular formula is C15H14FNO2. The first-order chi connectivity index (χ1) is 9.24. The van der Waals surface area contributed by atoms with E-state index in [9.17, 15) is 9.18 Å². The van der Waals surface area contributed by atoms with E-state index in [4.69, 9.17) is 4.42 Å². The molecule has 1 aromatic heterocycles. The van der Waals surface area contributed by atoms with Gasteiger partial charge in [-0.05, 0) is 42.8 Å². The van der Waals surface area contributed by atoms with Gasteiger partial charge >= 0.3 is 0 Å². The summed E-state index contributed by atoms with van der Waals surface area (Å²) in [5, 5.41) is 0. The molecule has 3 rings (SSSR count). The van der Waals surface area contributed by atoms with Gasteiger partial charge in [-0.25, -0.2) is 4.39 Å². The molecule has 1 aromatic carbocycles. The summed E-state index contributed by atoms with van der Waals surface area (Å²) in [6.45, 7) is 1.37. The second-order valence-corrected chi connectivity index (χ2v) is 4.76. The number of hydrogen-bond acceptors (Lipinski definition) is 2. The number of likely N-dealkylation sites (tertiary alicyclic amines) is 1. The van der Waals surface area contributed by atoms with Crippen molar-refractivity contribution in [3.8, 4) is 0 Å². The normalized spacial score (nSPS) is 18.8. The van der Waals surface area contributed by atoms with Crippen LogP contribution in [0.25, 0.3) is 0 Å². The molecule has 0 bridgehead atoms. The molecule has 98 valence electrons. The second kappa shape index (κ2) is 4.88. The van der Waals surface area contributed by atoms with Crippen LogP contribution in [0.15, 0.2) is 47.1 Å². The predicted octanol–water partition coefficient (Wildman–Crippen LogP) is 3.05. The molecule has 1 fully saturated rings. The fourth-order valence-electron chi connectivity index (χ4n) is 2.48. The molecule has 1 atom stereocenters. The molecule has 0 saturated carbocycles. The van der Waals surface area contributed by atoms with Crippen LogP contribution in [0, 0.1) is 5.82 Å². The molecular weight excluding hydrogens is 245 g/mol. The maximum Gasteiger partial charge on any atom is 0.253 e. The lowest BCUT2D eigenvalue weighted by molar-refractivity contribution is 0.0790. The number of amides is 1. The van der Waals surface area contributed by atoms with Crippen LogP contribution in [0.4, 0.5) is 4.39 Å². The molecule has 0 aliphatic carbocycles. The van der Waals surface area contributed by atoms with Gasteiger partial charge in [0.15, 0.2) is 0 Å². The van der Waals surface area contributed by atoms with Gasteiger partial charge in [0.05, 0.1) is 6.26 Å². The summed E-state index contributed by atoms with van der Waals surface area (Å²) in [5.41, 5.74) is 0.529. The zero-order valence-corrected chi connectivity index (χ0v) is 10.4. The fraction of sp³-hybridized carbons (Fsp3) is 0.267. The van der Waals surface area contributed by atoms with Crippen LogP contribution in [-0.4, -0.2) is 23.9 Å². The van der Waals surface area contributed by atoms with Gasteiger partial charge in [0.1, 0.15) is 11.6 Å². The van der Waals surface area contributed by atoms with E-state index in [0.717, 1.165) is 12.2 Å². The minimum Gasteiger partial charge on any atom is -0.469 e. The summed E-state index contributed by atoms with van der Waals surface area (Å²) in [6.07, 6.45) is 2.56. The Morgan fingerprint density at radius 1 is 1.26 bits per heavy atom. The topological polar surface area (TPSA) is 33.5 Å². The van der Waals surface area contributed by atoms with Crippen molar-refractivity contribution < 1.29 is 13.6 Å². The van der Waals surface area contributed by atoms with E-state index in [-0.39, 0.29) is 17.6 Å². The third kappa shape index (κ3) is 2.38. The minimum absolute atomic E-state index is 0.0472. The Labute approximate surface area is 110 Å². The first kappa shape index (κ1) is 12.0. The molecule has 1 saturated heterocycles. The van der Waals surface area contributed by atoms with E-state index in [1.165, 1.54) is 24.3 Å². The number of benzene rings is 1. The van der Waals surface area contributed by atoms with Crippen LogP contribution in [0.3, 0.4) is 0 Å². The summed E-state index contributed by atoms with van der Waals surface area (Å²) in [5.74, 6) is 0.814. The Morgan fingerprint density at radius 3 is 2.74 bits per heavy atom. The molecule has 1 aliphatic heterocycles. The van der Waals surface area contributed by atoms with E-state index >= 15 is 0 Å². The number of carbonyl (C=O) groups excluding carboxylic acids is 1. The molecule has 2 heterocycles. The van der Waals surface area contributed by atoms with Crippen LogP contribution in [-0.2, 0) is 0 Å². The number of hydrogen-bond donors (Lipinski definition) is 0. The molecule has 0 radical (unpaired) electrons. The lowest BCUT2D eigenvalue weighted by Gasteiger charge is -2.16. The highest BCUT2D eigenvalue weighted by atomic mass is 19.1. The number of furan rings is 1. The average Bonchev–Trinajstić information content (AvgIpc) is 3.10. The summed E-state index contributed by atoms with van der Waals surface area (Å²) >= 11 is 0. The third-order valence-electron chi connectivity index (χ3n) is 3.51. The second-order valence-electron chi connectivity index (χ2n) is 4.76. The first-order valence-corrected chi connectivity index (χ1v) is 6.32.